The van der Waals surface area contributed by atoms with E-state index in [2.05, 4.69) is 9.80 Å². The van der Waals surface area contributed by atoms with Crippen LogP contribution in [0.1, 0.15) is 24.8 Å². The topological polar surface area (TPSA) is 24.9 Å². The molecule has 5 heteroatoms. The summed E-state index contributed by atoms with van der Waals surface area (Å²) in [6.07, 6.45) is 4.10. The van der Waals surface area contributed by atoms with E-state index >= 15 is 0 Å². The molecule has 1 aromatic rings. The number of benzene rings is 1. The molecule has 0 bridgehead atoms. The first kappa shape index (κ1) is 17.0. The lowest BCUT2D eigenvalue weighted by Gasteiger charge is -2.24. The minimum atomic E-state index is 0.453. The van der Waals surface area contributed by atoms with E-state index in [0.717, 1.165) is 50.1 Å². The molecule has 1 atom stereocenters. The molecule has 2 heterocycles. The van der Waals surface area contributed by atoms with Gasteiger partial charge in [0.2, 0.25) is 0 Å². The van der Waals surface area contributed by atoms with Crippen LogP contribution < -0.4 is 4.74 Å². The normalized spacial score (nSPS) is 23.8. The van der Waals surface area contributed by atoms with Crippen LogP contribution in [-0.2, 0) is 11.3 Å². The molecule has 1 aromatic carbocycles. The van der Waals surface area contributed by atoms with E-state index in [1.165, 1.54) is 31.4 Å². The maximum atomic E-state index is 6.15. The van der Waals surface area contributed by atoms with Crippen molar-refractivity contribution in [3.05, 3.63) is 28.8 Å². The third-order valence-corrected chi connectivity index (χ3v) is 5.04. The van der Waals surface area contributed by atoms with Crippen molar-refractivity contribution in [2.45, 2.75) is 31.9 Å². The van der Waals surface area contributed by atoms with Crippen molar-refractivity contribution < 1.29 is 9.47 Å². The fraction of sp³-hybridized carbons (Fsp3) is 0.667. The van der Waals surface area contributed by atoms with Crippen LogP contribution in [-0.4, -0.2) is 62.3 Å². The summed E-state index contributed by atoms with van der Waals surface area (Å²) in [6.45, 7) is 7.43. The largest absolute Gasteiger partial charge is 0.496 e. The van der Waals surface area contributed by atoms with Crippen molar-refractivity contribution in [2.75, 3.05) is 46.4 Å². The van der Waals surface area contributed by atoms with Gasteiger partial charge in [-0.05, 0) is 50.6 Å². The molecule has 2 saturated heterocycles. The second-order valence-electron chi connectivity index (χ2n) is 6.52. The molecule has 0 N–H and O–H groups in total. The molecular formula is C18H27ClN2O2. The minimum Gasteiger partial charge on any atom is -0.496 e. The van der Waals surface area contributed by atoms with Gasteiger partial charge in [0, 0.05) is 43.4 Å². The Balaban J connectivity index is 1.54. The summed E-state index contributed by atoms with van der Waals surface area (Å²) < 4.78 is 11.2. The Bertz CT molecular complexity index is 506. The Kier molecular flexibility index (Phi) is 6.17. The number of nitrogens with zero attached hydrogens (tertiary/aromatic N) is 2. The second-order valence-corrected chi connectivity index (χ2v) is 6.96. The molecular weight excluding hydrogens is 312 g/mol. The summed E-state index contributed by atoms with van der Waals surface area (Å²) in [5.74, 6) is 0.926. The molecule has 2 fully saturated rings. The van der Waals surface area contributed by atoms with Gasteiger partial charge in [0.25, 0.3) is 0 Å². The molecule has 2 aliphatic rings. The highest BCUT2D eigenvalue weighted by Crippen LogP contribution is 2.24. The van der Waals surface area contributed by atoms with Crippen LogP contribution in [0.3, 0.4) is 0 Å². The number of rotatable bonds is 5. The molecule has 0 unspecified atom stereocenters. The predicted octanol–water partition coefficient (Wildman–Crippen LogP) is 3.04. The monoisotopic (exact) mass is 338 g/mol. The standard InChI is InChI=1S/C18H27ClN2O2/c1-22-18-6-5-16(19)12-15(18)13-20-7-3-8-21(10-9-20)14-17-4-2-11-23-17/h5-6,12,17H,2-4,7-11,13-14H2,1H3/t17-/m0/s1. The smallest absolute Gasteiger partial charge is 0.123 e. The average molecular weight is 339 g/mol. The van der Waals surface area contributed by atoms with Crippen LogP contribution in [0, 0.1) is 0 Å². The van der Waals surface area contributed by atoms with Crippen molar-refractivity contribution in [3.63, 3.8) is 0 Å². The number of ether oxygens (including phenoxy) is 2. The Morgan fingerprint density at radius 3 is 2.78 bits per heavy atom. The summed E-state index contributed by atoms with van der Waals surface area (Å²) in [4.78, 5) is 5.06. The molecule has 128 valence electrons. The van der Waals surface area contributed by atoms with Crippen LogP contribution >= 0.6 is 11.6 Å². The third kappa shape index (κ3) is 4.83. The van der Waals surface area contributed by atoms with Gasteiger partial charge in [0.1, 0.15) is 5.75 Å². The van der Waals surface area contributed by atoms with Gasteiger partial charge >= 0.3 is 0 Å². The summed E-state index contributed by atoms with van der Waals surface area (Å²) >= 11 is 6.15. The molecule has 0 spiro atoms. The Labute approximate surface area is 144 Å². The van der Waals surface area contributed by atoms with Crippen LogP contribution in [0.15, 0.2) is 18.2 Å². The predicted molar refractivity (Wildman–Crippen MR) is 93.3 cm³/mol. The number of methoxy groups -OCH3 is 1. The van der Waals surface area contributed by atoms with Crippen molar-refractivity contribution in [1.29, 1.82) is 0 Å². The second kappa shape index (κ2) is 8.34. The maximum absolute atomic E-state index is 6.15. The SMILES string of the molecule is COc1ccc(Cl)cc1CN1CCCN(C[C@@H]2CCCO2)CC1. The van der Waals surface area contributed by atoms with E-state index < -0.39 is 0 Å². The van der Waals surface area contributed by atoms with Crippen molar-refractivity contribution >= 4 is 11.6 Å². The summed E-state index contributed by atoms with van der Waals surface area (Å²) in [5.41, 5.74) is 1.17. The molecule has 4 nitrogen and oxygen atoms in total. The van der Waals surface area contributed by atoms with E-state index in [9.17, 15) is 0 Å². The fourth-order valence-electron chi connectivity index (χ4n) is 3.55. The fourth-order valence-corrected chi connectivity index (χ4v) is 3.75. The molecule has 0 saturated carbocycles. The molecule has 0 aromatic heterocycles. The van der Waals surface area contributed by atoms with Crippen molar-refractivity contribution in [2.24, 2.45) is 0 Å². The Morgan fingerprint density at radius 2 is 2.00 bits per heavy atom. The van der Waals surface area contributed by atoms with Crippen molar-refractivity contribution in [3.8, 4) is 5.75 Å². The molecule has 23 heavy (non-hydrogen) atoms. The summed E-state index contributed by atoms with van der Waals surface area (Å²) in [5, 5.41) is 0.774. The average Bonchev–Trinajstić information content (AvgIpc) is 2.95. The van der Waals surface area contributed by atoms with Crippen LogP contribution in [0.25, 0.3) is 0 Å². The Morgan fingerprint density at radius 1 is 1.17 bits per heavy atom. The van der Waals surface area contributed by atoms with Gasteiger partial charge in [-0.1, -0.05) is 11.6 Å². The molecule has 0 amide bonds. The summed E-state index contributed by atoms with van der Waals surface area (Å²) in [7, 11) is 1.72. The lowest BCUT2D eigenvalue weighted by atomic mass is 10.2. The highest BCUT2D eigenvalue weighted by atomic mass is 35.5. The molecule has 2 aliphatic heterocycles. The van der Waals surface area contributed by atoms with E-state index in [1.807, 2.05) is 18.2 Å². The zero-order valence-corrected chi connectivity index (χ0v) is 14.7. The first-order valence-electron chi connectivity index (χ1n) is 8.63. The Hall–Kier alpha value is -0.810. The number of hydrogen-bond acceptors (Lipinski definition) is 4. The third-order valence-electron chi connectivity index (χ3n) is 4.80. The van der Waals surface area contributed by atoms with Gasteiger partial charge in [-0.3, -0.25) is 9.80 Å². The summed E-state index contributed by atoms with van der Waals surface area (Å²) in [6, 6.07) is 5.87. The van der Waals surface area contributed by atoms with Gasteiger partial charge in [-0.2, -0.15) is 0 Å². The highest BCUT2D eigenvalue weighted by molar-refractivity contribution is 6.30. The first-order valence-corrected chi connectivity index (χ1v) is 9.01. The van der Waals surface area contributed by atoms with E-state index in [0.29, 0.717) is 6.10 Å². The zero-order chi connectivity index (χ0) is 16.1. The highest BCUT2D eigenvalue weighted by Gasteiger charge is 2.22. The number of halogens is 1. The first-order chi connectivity index (χ1) is 11.2. The molecule has 3 rings (SSSR count). The lowest BCUT2D eigenvalue weighted by molar-refractivity contribution is 0.0742. The van der Waals surface area contributed by atoms with Gasteiger partial charge in [0.15, 0.2) is 0 Å². The zero-order valence-electron chi connectivity index (χ0n) is 14.0. The van der Waals surface area contributed by atoms with E-state index in [1.54, 1.807) is 7.11 Å². The number of hydrogen-bond donors (Lipinski definition) is 0. The van der Waals surface area contributed by atoms with Gasteiger partial charge in [-0.15, -0.1) is 0 Å². The van der Waals surface area contributed by atoms with E-state index in [4.69, 9.17) is 21.1 Å². The van der Waals surface area contributed by atoms with Crippen LogP contribution in [0.5, 0.6) is 5.75 Å². The lowest BCUT2D eigenvalue weighted by Crippen LogP contribution is -2.35. The van der Waals surface area contributed by atoms with Crippen LogP contribution in [0.4, 0.5) is 0 Å². The molecule has 0 radical (unpaired) electrons. The molecule has 0 aliphatic carbocycles. The van der Waals surface area contributed by atoms with E-state index in [-0.39, 0.29) is 0 Å². The maximum Gasteiger partial charge on any atom is 0.123 e. The minimum absolute atomic E-state index is 0.453. The van der Waals surface area contributed by atoms with Gasteiger partial charge in [-0.25, -0.2) is 0 Å². The van der Waals surface area contributed by atoms with Crippen molar-refractivity contribution in [1.82, 2.24) is 9.80 Å². The van der Waals surface area contributed by atoms with Crippen LogP contribution in [0.2, 0.25) is 5.02 Å². The quantitative estimate of drug-likeness (QED) is 0.824. The van der Waals surface area contributed by atoms with Gasteiger partial charge < -0.3 is 9.47 Å². The van der Waals surface area contributed by atoms with Gasteiger partial charge in [0.05, 0.1) is 13.2 Å².